The van der Waals surface area contributed by atoms with Gasteiger partial charge in [-0.15, -0.1) is 0 Å². The number of ketones is 1. The molecule has 1 aromatic heterocycles. The fraction of sp³-hybridized carbons (Fsp3) is 0.214. The highest BCUT2D eigenvalue weighted by Crippen LogP contribution is 2.15. The lowest BCUT2D eigenvalue weighted by molar-refractivity contribution is 0.102. The summed E-state index contributed by atoms with van der Waals surface area (Å²) in [6, 6.07) is 8.66. The van der Waals surface area contributed by atoms with Gasteiger partial charge in [-0.2, -0.15) is 0 Å². The molecule has 0 atom stereocenters. The second-order valence-corrected chi connectivity index (χ2v) is 4.09. The number of benzene rings is 1. The van der Waals surface area contributed by atoms with Crippen LogP contribution in [0.4, 0.5) is 0 Å². The highest BCUT2D eigenvalue weighted by atomic mass is 16.5. The number of nitrogens with zero attached hydrogens (tertiary/aromatic N) is 2. The van der Waals surface area contributed by atoms with Crippen molar-refractivity contribution in [2.24, 2.45) is 0 Å². The zero-order chi connectivity index (χ0) is 13.0. The minimum Gasteiger partial charge on any atom is -0.491 e. The molecule has 0 amide bonds. The molecule has 0 saturated heterocycles. The summed E-state index contributed by atoms with van der Waals surface area (Å²) < 4.78 is 5.51. The highest BCUT2D eigenvalue weighted by molar-refractivity contribution is 6.06. The molecule has 92 valence electrons. The number of carbonyl (C=O) groups excluding carboxylic acids is 1. The lowest BCUT2D eigenvalue weighted by Crippen LogP contribution is -2.07. The van der Waals surface area contributed by atoms with Gasteiger partial charge in [-0.05, 0) is 44.2 Å². The third-order valence-electron chi connectivity index (χ3n) is 2.26. The monoisotopic (exact) mass is 242 g/mol. The Morgan fingerprint density at radius 2 is 1.72 bits per heavy atom. The third kappa shape index (κ3) is 2.91. The Balaban J connectivity index is 2.17. The molecule has 2 aromatic rings. The summed E-state index contributed by atoms with van der Waals surface area (Å²) in [6.45, 7) is 3.91. The molecule has 0 radical (unpaired) electrons. The quantitative estimate of drug-likeness (QED) is 0.773. The molecule has 0 aliphatic heterocycles. The molecule has 0 bridgehead atoms. The van der Waals surface area contributed by atoms with Crippen molar-refractivity contribution < 1.29 is 9.53 Å². The normalized spacial score (nSPS) is 10.4. The van der Waals surface area contributed by atoms with Crippen molar-refractivity contribution in [3.63, 3.8) is 0 Å². The smallest absolute Gasteiger partial charge is 0.230 e. The number of hydrogen-bond acceptors (Lipinski definition) is 4. The van der Waals surface area contributed by atoms with E-state index in [9.17, 15) is 4.79 Å². The van der Waals surface area contributed by atoms with Gasteiger partial charge in [0.2, 0.25) is 11.6 Å². The van der Waals surface area contributed by atoms with Gasteiger partial charge in [0, 0.05) is 18.0 Å². The van der Waals surface area contributed by atoms with E-state index in [1.165, 1.54) is 0 Å². The van der Waals surface area contributed by atoms with Crippen molar-refractivity contribution in [1.82, 2.24) is 9.97 Å². The Kier molecular flexibility index (Phi) is 3.67. The molecular formula is C14H14N2O2. The first kappa shape index (κ1) is 12.2. The van der Waals surface area contributed by atoms with Crippen LogP contribution in [0.15, 0.2) is 42.7 Å². The Morgan fingerprint density at radius 3 is 2.28 bits per heavy atom. The molecule has 4 heteroatoms. The fourth-order valence-corrected chi connectivity index (χ4v) is 1.50. The molecule has 0 aliphatic rings. The lowest BCUT2D eigenvalue weighted by Gasteiger charge is -2.09. The van der Waals surface area contributed by atoms with Crippen molar-refractivity contribution in [3.05, 3.63) is 54.1 Å². The van der Waals surface area contributed by atoms with Gasteiger partial charge in [0.05, 0.1) is 6.10 Å². The Bertz CT molecular complexity index is 521. The maximum absolute atomic E-state index is 12.0. The molecule has 0 N–H and O–H groups in total. The molecule has 0 saturated carbocycles. The van der Waals surface area contributed by atoms with Gasteiger partial charge in [-0.25, -0.2) is 9.97 Å². The molecule has 4 nitrogen and oxygen atoms in total. The van der Waals surface area contributed by atoms with E-state index in [4.69, 9.17) is 4.74 Å². The maximum atomic E-state index is 12.0. The summed E-state index contributed by atoms with van der Waals surface area (Å²) in [5, 5.41) is 0. The molecule has 2 rings (SSSR count). The largest absolute Gasteiger partial charge is 0.491 e. The van der Waals surface area contributed by atoms with Gasteiger partial charge in [-0.3, -0.25) is 4.79 Å². The van der Waals surface area contributed by atoms with Crippen molar-refractivity contribution >= 4 is 5.78 Å². The molecule has 0 unspecified atom stereocenters. The number of carbonyl (C=O) groups is 1. The van der Waals surface area contributed by atoms with Crippen LogP contribution in [0.3, 0.4) is 0 Å². The van der Waals surface area contributed by atoms with Crippen LogP contribution in [0.1, 0.15) is 30.0 Å². The van der Waals surface area contributed by atoms with Crippen molar-refractivity contribution in [3.8, 4) is 5.75 Å². The minimum atomic E-state index is -0.188. The summed E-state index contributed by atoms with van der Waals surface area (Å²) in [7, 11) is 0. The summed E-state index contributed by atoms with van der Waals surface area (Å²) in [6.07, 6.45) is 3.22. The van der Waals surface area contributed by atoms with E-state index in [1.54, 1.807) is 42.7 Å². The second kappa shape index (κ2) is 5.40. The molecule has 0 fully saturated rings. The van der Waals surface area contributed by atoms with Crippen LogP contribution in [0.5, 0.6) is 5.75 Å². The van der Waals surface area contributed by atoms with Crippen LogP contribution in [-0.2, 0) is 0 Å². The number of rotatable bonds is 4. The first-order valence-corrected chi connectivity index (χ1v) is 5.75. The average Bonchev–Trinajstić information content (AvgIpc) is 2.39. The Morgan fingerprint density at radius 1 is 1.11 bits per heavy atom. The maximum Gasteiger partial charge on any atom is 0.230 e. The summed E-state index contributed by atoms with van der Waals surface area (Å²) in [4.78, 5) is 19.9. The van der Waals surface area contributed by atoms with Crippen LogP contribution in [-0.4, -0.2) is 21.9 Å². The standard InChI is InChI=1S/C14H14N2O2/c1-10(2)18-12-6-4-11(5-7-12)13(17)14-15-8-3-9-16-14/h3-10H,1-2H3. The molecule has 0 aliphatic carbocycles. The molecule has 1 aromatic carbocycles. The first-order valence-electron chi connectivity index (χ1n) is 5.75. The predicted octanol–water partition coefficient (Wildman–Crippen LogP) is 2.49. The Hall–Kier alpha value is -2.23. The zero-order valence-electron chi connectivity index (χ0n) is 10.3. The fourth-order valence-electron chi connectivity index (χ4n) is 1.50. The van der Waals surface area contributed by atoms with Crippen molar-refractivity contribution in [1.29, 1.82) is 0 Å². The number of aromatic nitrogens is 2. The van der Waals surface area contributed by atoms with E-state index < -0.39 is 0 Å². The Labute approximate surface area is 106 Å². The topological polar surface area (TPSA) is 52.1 Å². The van der Waals surface area contributed by atoms with Crippen LogP contribution >= 0.6 is 0 Å². The highest BCUT2D eigenvalue weighted by Gasteiger charge is 2.11. The summed E-state index contributed by atoms with van der Waals surface area (Å²) >= 11 is 0. The van der Waals surface area contributed by atoms with Gasteiger partial charge < -0.3 is 4.74 Å². The van der Waals surface area contributed by atoms with E-state index in [1.807, 2.05) is 13.8 Å². The number of ether oxygens (including phenoxy) is 1. The number of hydrogen-bond donors (Lipinski definition) is 0. The second-order valence-electron chi connectivity index (χ2n) is 4.09. The lowest BCUT2D eigenvalue weighted by atomic mass is 10.1. The SMILES string of the molecule is CC(C)Oc1ccc(C(=O)c2ncccn2)cc1. The van der Waals surface area contributed by atoms with Gasteiger partial charge in [0.25, 0.3) is 0 Å². The van der Waals surface area contributed by atoms with Gasteiger partial charge in [0.15, 0.2) is 0 Å². The third-order valence-corrected chi connectivity index (χ3v) is 2.26. The van der Waals surface area contributed by atoms with Gasteiger partial charge in [-0.1, -0.05) is 0 Å². The summed E-state index contributed by atoms with van der Waals surface area (Å²) in [5.74, 6) is 0.761. The summed E-state index contributed by atoms with van der Waals surface area (Å²) in [5.41, 5.74) is 0.553. The van der Waals surface area contributed by atoms with Crippen molar-refractivity contribution in [2.75, 3.05) is 0 Å². The van der Waals surface area contributed by atoms with Crippen LogP contribution in [0.2, 0.25) is 0 Å². The zero-order valence-corrected chi connectivity index (χ0v) is 10.3. The minimum absolute atomic E-state index is 0.115. The first-order chi connectivity index (χ1) is 8.66. The average molecular weight is 242 g/mol. The van der Waals surface area contributed by atoms with E-state index in [0.29, 0.717) is 5.56 Å². The molecule has 0 spiro atoms. The van der Waals surface area contributed by atoms with Crippen LogP contribution in [0, 0.1) is 0 Å². The molecule has 18 heavy (non-hydrogen) atoms. The van der Waals surface area contributed by atoms with E-state index in [-0.39, 0.29) is 17.7 Å². The van der Waals surface area contributed by atoms with Crippen molar-refractivity contribution in [2.45, 2.75) is 20.0 Å². The van der Waals surface area contributed by atoms with Gasteiger partial charge >= 0.3 is 0 Å². The predicted molar refractivity (Wildman–Crippen MR) is 67.7 cm³/mol. The van der Waals surface area contributed by atoms with Crippen LogP contribution < -0.4 is 4.74 Å². The van der Waals surface area contributed by atoms with Gasteiger partial charge in [0.1, 0.15) is 5.75 Å². The molecular weight excluding hydrogens is 228 g/mol. The van der Waals surface area contributed by atoms with Crippen LogP contribution in [0.25, 0.3) is 0 Å². The van der Waals surface area contributed by atoms with E-state index in [0.717, 1.165) is 5.75 Å². The van der Waals surface area contributed by atoms with E-state index >= 15 is 0 Å². The van der Waals surface area contributed by atoms with E-state index in [2.05, 4.69) is 9.97 Å². The molecule has 1 heterocycles.